The van der Waals surface area contributed by atoms with E-state index in [1.807, 2.05) is 31.2 Å². The number of carbonyl (C=O) groups is 1. The zero-order chi connectivity index (χ0) is 19.3. The topological polar surface area (TPSA) is 77.2 Å². The molecule has 6 nitrogen and oxygen atoms in total. The first-order chi connectivity index (χ1) is 13.7. The molecule has 0 bridgehead atoms. The predicted octanol–water partition coefficient (Wildman–Crippen LogP) is 4.15. The highest BCUT2D eigenvalue weighted by molar-refractivity contribution is 5.87. The van der Waals surface area contributed by atoms with Crippen molar-refractivity contribution in [2.75, 3.05) is 6.61 Å². The fraction of sp³-hybridized carbons (Fsp3) is 0.136. The molecule has 3 aromatic carbocycles. The van der Waals surface area contributed by atoms with Gasteiger partial charge in [0.2, 0.25) is 12.3 Å². The van der Waals surface area contributed by atoms with Crippen LogP contribution in [0.4, 0.5) is 0 Å². The van der Waals surface area contributed by atoms with Gasteiger partial charge in [0.15, 0.2) is 6.61 Å². The molecule has 28 heavy (non-hydrogen) atoms. The zero-order valence-corrected chi connectivity index (χ0v) is 15.3. The van der Waals surface area contributed by atoms with Gasteiger partial charge in [-0.05, 0) is 47.5 Å². The van der Waals surface area contributed by atoms with Crippen molar-refractivity contribution < 1.29 is 13.9 Å². The van der Waals surface area contributed by atoms with Gasteiger partial charge in [0.1, 0.15) is 5.75 Å². The van der Waals surface area contributed by atoms with E-state index in [9.17, 15) is 4.79 Å². The molecule has 1 heterocycles. The van der Waals surface area contributed by atoms with E-state index in [0.29, 0.717) is 11.6 Å². The van der Waals surface area contributed by atoms with Gasteiger partial charge in [0.05, 0.1) is 6.04 Å². The number of fused-ring (bicyclic) bond motifs is 1. The summed E-state index contributed by atoms with van der Waals surface area (Å²) in [7, 11) is 0. The second kappa shape index (κ2) is 7.92. The van der Waals surface area contributed by atoms with Crippen LogP contribution in [0, 0.1) is 0 Å². The van der Waals surface area contributed by atoms with Crippen molar-refractivity contribution in [3.63, 3.8) is 0 Å². The summed E-state index contributed by atoms with van der Waals surface area (Å²) in [5.74, 6) is 0.853. The van der Waals surface area contributed by atoms with Gasteiger partial charge in [0.25, 0.3) is 5.91 Å². The molecule has 0 radical (unpaired) electrons. The van der Waals surface area contributed by atoms with Crippen LogP contribution in [0.5, 0.6) is 5.75 Å². The molecule has 0 aliphatic heterocycles. The van der Waals surface area contributed by atoms with Crippen LogP contribution in [-0.2, 0) is 4.79 Å². The average Bonchev–Trinajstić information content (AvgIpc) is 3.27. The Morgan fingerprint density at radius 3 is 2.64 bits per heavy atom. The largest absolute Gasteiger partial charge is 0.484 e. The lowest BCUT2D eigenvalue weighted by Crippen LogP contribution is -2.31. The number of rotatable bonds is 6. The van der Waals surface area contributed by atoms with Crippen molar-refractivity contribution in [2.45, 2.75) is 13.0 Å². The molecule has 4 rings (SSSR count). The van der Waals surface area contributed by atoms with E-state index in [1.54, 1.807) is 24.3 Å². The smallest absolute Gasteiger partial charge is 0.258 e. The number of nitrogens with one attached hydrogen (secondary N) is 1. The van der Waals surface area contributed by atoms with E-state index in [-0.39, 0.29) is 18.6 Å². The molecule has 0 fully saturated rings. The van der Waals surface area contributed by atoms with Crippen molar-refractivity contribution in [3.05, 3.63) is 78.7 Å². The number of amides is 1. The zero-order valence-electron chi connectivity index (χ0n) is 15.3. The number of ether oxygens (including phenoxy) is 1. The minimum absolute atomic E-state index is 0.0605. The van der Waals surface area contributed by atoms with Crippen LogP contribution < -0.4 is 10.1 Å². The van der Waals surface area contributed by atoms with Crippen molar-refractivity contribution in [3.8, 4) is 17.2 Å². The Balaban J connectivity index is 1.36. The van der Waals surface area contributed by atoms with Gasteiger partial charge in [-0.2, -0.15) is 0 Å². The highest BCUT2D eigenvalue weighted by atomic mass is 16.5. The number of aromatic nitrogens is 2. The summed E-state index contributed by atoms with van der Waals surface area (Å²) >= 11 is 0. The third-order valence-corrected chi connectivity index (χ3v) is 4.50. The second-order valence-corrected chi connectivity index (χ2v) is 6.41. The van der Waals surface area contributed by atoms with Crippen LogP contribution in [0.1, 0.15) is 18.5 Å². The van der Waals surface area contributed by atoms with E-state index < -0.39 is 0 Å². The summed E-state index contributed by atoms with van der Waals surface area (Å²) in [5.41, 5.74) is 1.87. The van der Waals surface area contributed by atoms with Gasteiger partial charge >= 0.3 is 0 Å². The number of hydrogen-bond acceptors (Lipinski definition) is 5. The van der Waals surface area contributed by atoms with Gasteiger partial charge < -0.3 is 14.5 Å². The first kappa shape index (κ1) is 17.7. The molecule has 0 aliphatic carbocycles. The van der Waals surface area contributed by atoms with Gasteiger partial charge in [-0.1, -0.05) is 42.5 Å². The van der Waals surface area contributed by atoms with Crippen molar-refractivity contribution >= 4 is 16.7 Å². The van der Waals surface area contributed by atoms with Crippen molar-refractivity contribution in [1.29, 1.82) is 0 Å². The molecule has 1 aromatic heterocycles. The summed E-state index contributed by atoms with van der Waals surface area (Å²) in [4.78, 5) is 12.3. The molecule has 1 N–H and O–H groups in total. The summed E-state index contributed by atoms with van der Waals surface area (Å²) in [5, 5.41) is 12.8. The molecule has 0 aliphatic rings. The average molecular weight is 373 g/mol. The van der Waals surface area contributed by atoms with Crippen LogP contribution >= 0.6 is 0 Å². The lowest BCUT2D eigenvalue weighted by Gasteiger charge is -2.17. The summed E-state index contributed by atoms with van der Waals surface area (Å²) in [6.07, 6.45) is 1.28. The Labute approximate surface area is 162 Å². The van der Waals surface area contributed by atoms with Gasteiger partial charge in [-0.25, -0.2) is 0 Å². The molecule has 0 saturated carbocycles. The third-order valence-electron chi connectivity index (χ3n) is 4.50. The summed E-state index contributed by atoms with van der Waals surface area (Å²) in [6.45, 7) is 1.91. The number of nitrogens with zero attached hydrogens (tertiary/aromatic N) is 2. The van der Waals surface area contributed by atoms with Crippen LogP contribution in [0.25, 0.3) is 22.2 Å². The van der Waals surface area contributed by atoms with Crippen molar-refractivity contribution in [2.24, 2.45) is 0 Å². The van der Waals surface area contributed by atoms with Crippen molar-refractivity contribution in [1.82, 2.24) is 15.5 Å². The molecule has 0 saturated heterocycles. The molecule has 1 amide bonds. The summed E-state index contributed by atoms with van der Waals surface area (Å²) < 4.78 is 10.7. The van der Waals surface area contributed by atoms with Crippen LogP contribution in [0.2, 0.25) is 0 Å². The van der Waals surface area contributed by atoms with Crippen LogP contribution in [0.3, 0.4) is 0 Å². The van der Waals surface area contributed by atoms with Crippen LogP contribution in [-0.4, -0.2) is 22.7 Å². The molecule has 1 atom stereocenters. The molecule has 0 spiro atoms. The molecule has 140 valence electrons. The molecule has 1 unspecified atom stereocenters. The van der Waals surface area contributed by atoms with E-state index >= 15 is 0 Å². The molecule has 6 heteroatoms. The lowest BCUT2D eigenvalue weighted by atomic mass is 10.00. The van der Waals surface area contributed by atoms with E-state index in [0.717, 1.165) is 21.9 Å². The van der Waals surface area contributed by atoms with E-state index in [2.05, 4.69) is 33.7 Å². The SMILES string of the molecule is CC(NC(=O)COc1ccc(-c2nnco2)cc1)c1cccc2ccccc12. The first-order valence-electron chi connectivity index (χ1n) is 8.97. The summed E-state index contributed by atoms with van der Waals surface area (Å²) in [6, 6.07) is 21.3. The Morgan fingerprint density at radius 1 is 1.07 bits per heavy atom. The maximum atomic E-state index is 12.3. The molecule has 4 aromatic rings. The quantitative estimate of drug-likeness (QED) is 0.549. The number of benzene rings is 3. The Morgan fingerprint density at radius 2 is 1.86 bits per heavy atom. The van der Waals surface area contributed by atoms with Gasteiger partial charge in [-0.15, -0.1) is 10.2 Å². The normalized spacial score (nSPS) is 11.9. The fourth-order valence-electron chi connectivity index (χ4n) is 3.13. The number of hydrogen-bond donors (Lipinski definition) is 1. The van der Waals surface area contributed by atoms with Crippen LogP contribution in [0.15, 0.2) is 77.5 Å². The van der Waals surface area contributed by atoms with Gasteiger partial charge in [0, 0.05) is 5.56 Å². The Bertz CT molecular complexity index is 1070. The standard InChI is InChI=1S/C22H19N3O3/c1-15(19-8-4-6-16-5-2-3-7-20(16)19)24-21(26)13-27-18-11-9-17(10-12-18)22-25-23-14-28-22/h2-12,14-15H,13H2,1H3,(H,24,26). The predicted molar refractivity (Wildman–Crippen MR) is 106 cm³/mol. The second-order valence-electron chi connectivity index (χ2n) is 6.41. The van der Waals surface area contributed by atoms with E-state index in [4.69, 9.17) is 9.15 Å². The maximum absolute atomic E-state index is 12.3. The lowest BCUT2D eigenvalue weighted by molar-refractivity contribution is -0.123. The monoisotopic (exact) mass is 373 g/mol. The number of carbonyl (C=O) groups excluding carboxylic acids is 1. The van der Waals surface area contributed by atoms with E-state index in [1.165, 1.54) is 6.39 Å². The highest BCUT2D eigenvalue weighted by Crippen LogP contribution is 2.24. The minimum atomic E-state index is -0.179. The fourth-order valence-corrected chi connectivity index (χ4v) is 3.13. The molecular formula is C22H19N3O3. The Kier molecular flexibility index (Phi) is 5.01. The highest BCUT2D eigenvalue weighted by Gasteiger charge is 2.13. The Hall–Kier alpha value is -3.67. The third kappa shape index (κ3) is 3.86. The first-order valence-corrected chi connectivity index (χ1v) is 8.97. The minimum Gasteiger partial charge on any atom is -0.484 e. The van der Waals surface area contributed by atoms with Gasteiger partial charge in [-0.3, -0.25) is 4.79 Å². The molecular weight excluding hydrogens is 354 g/mol. The maximum Gasteiger partial charge on any atom is 0.258 e.